The highest BCUT2D eigenvalue weighted by Crippen LogP contribution is 2.19. The molecule has 0 atom stereocenters. The molecule has 2 aromatic heterocycles. The molecule has 0 saturated carbocycles. The van der Waals surface area contributed by atoms with E-state index in [0.29, 0.717) is 9.88 Å². The number of thiazole rings is 1. The van der Waals surface area contributed by atoms with Crippen LogP contribution in [0.5, 0.6) is 0 Å². The van der Waals surface area contributed by atoms with E-state index >= 15 is 0 Å². The number of aryl methyl sites for hydroxylation is 1. The van der Waals surface area contributed by atoms with Gasteiger partial charge in [0.05, 0.1) is 6.20 Å². The maximum absolute atomic E-state index is 10.8. The molecule has 0 unspecified atom stereocenters. The van der Waals surface area contributed by atoms with Gasteiger partial charge in [-0.2, -0.15) is 5.10 Å². The minimum absolute atomic E-state index is 0.122. The number of carboxylic acids is 1. The standard InChI is InChI=1S/C10H9N3O2S/c1-6-9(10(14)15)13-8(16-6)3-2-7-4-11-12-5-7/h2-5H,1H3,(H,11,12)(H,14,15)/b3-2+. The Balaban J connectivity index is 2.23. The molecule has 0 aromatic carbocycles. The van der Waals surface area contributed by atoms with E-state index in [-0.39, 0.29) is 5.69 Å². The van der Waals surface area contributed by atoms with Gasteiger partial charge in [0.15, 0.2) is 5.69 Å². The van der Waals surface area contributed by atoms with Crippen LogP contribution in [0.1, 0.15) is 25.9 Å². The first-order valence-corrected chi connectivity index (χ1v) is 5.36. The fraction of sp³-hybridized carbons (Fsp3) is 0.100. The summed E-state index contributed by atoms with van der Waals surface area (Å²) in [6.07, 6.45) is 7.02. The largest absolute Gasteiger partial charge is 0.476 e. The average Bonchev–Trinajstić information content (AvgIpc) is 2.83. The topological polar surface area (TPSA) is 78.9 Å². The van der Waals surface area contributed by atoms with Crippen molar-refractivity contribution < 1.29 is 9.90 Å². The fourth-order valence-corrected chi connectivity index (χ4v) is 2.02. The monoisotopic (exact) mass is 235 g/mol. The van der Waals surface area contributed by atoms with Crippen LogP contribution in [-0.4, -0.2) is 26.3 Å². The van der Waals surface area contributed by atoms with Crippen LogP contribution in [-0.2, 0) is 0 Å². The molecule has 82 valence electrons. The van der Waals surface area contributed by atoms with Crippen LogP contribution in [0.4, 0.5) is 0 Å². The highest BCUT2D eigenvalue weighted by atomic mass is 32.1. The van der Waals surface area contributed by atoms with Gasteiger partial charge in [-0.3, -0.25) is 5.10 Å². The molecule has 6 heteroatoms. The molecule has 2 rings (SSSR count). The number of nitrogens with one attached hydrogen (secondary N) is 1. The van der Waals surface area contributed by atoms with Gasteiger partial charge in [0, 0.05) is 16.6 Å². The highest BCUT2D eigenvalue weighted by Gasteiger charge is 2.12. The lowest BCUT2D eigenvalue weighted by atomic mass is 10.3. The fourth-order valence-electron chi connectivity index (χ4n) is 1.21. The molecule has 16 heavy (non-hydrogen) atoms. The summed E-state index contributed by atoms with van der Waals surface area (Å²) in [4.78, 5) is 15.5. The van der Waals surface area contributed by atoms with E-state index in [1.165, 1.54) is 11.3 Å². The van der Waals surface area contributed by atoms with Crippen molar-refractivity contribution in [3.8, 4) is 0 Å². The smallest absolute Gasteiger partial charge is 0.355 e. The second-order valence-corrected chi connectivity index (χ2v) is 4.36. The molecule has 0 aliphatic carbocycles. The van der Waals surface area contributed by atoms with Gasteiger partial charge >= 0.3 is 5.97 Å². The molecule has 2 aromatic rings. The number of aromatic carboxylic acids is 1. The molecule has 0 amide bonds. The molecule has 0 fully saturated rings. The van der Waals surface area contributed by atoms with Crippen molar-refractivity contribution in [3.63, 3.8) is 0 Å². The van der Waals surface area contributed by atoms with Gasteiger partial charge in [-0.05, 0) is 19.1 Å². The van der Waals surface area contributed by atoms with Gasteiger partial charge in [0.25, 0.3) is 0 Å². The lowest BCUT2D eigenvalue weighted by Gasteiger charge is -1.85. The Hall–Kier alpha value is -1.95. The van der Waals surface area contributed by atoms with E-state index < -0.39 is 5.97 Å². The molecule has 2 heterocycles. The minimum atomic E-state index is -0.989. The maximum atomic E-state index is 10.8. The van der Waals surface area contributed by atoms with Crippen molar-refractivity contribution in [2.45, 2.75) is 6.92 Å². The van der Waals surface area contributed by atoms with Crippen molar-refractivity contribution in [2.24, 2.45) is 0 Å². The van der Waals surface area contributed by atoms with E-state index in [1.807, 2.05) is 6.08 Å². The summed E-state index contributed by atoms with van der Waals surface area (Å²) < 4.78 is 0. The molecular weight excluding hydrogens is 226 g/mol. The van der Waals surface area contributed by atoms with Crippen LogP contribution in [0.25, 0.3) is 12.2 Å². The predicted molar refractivity (Wildman–Crippen MR) is 61.3 cm³/mol. The first kappa shape index (κ1) is 10.6. The van der Waals surface area contributed by atoms with Crippen LogP contribution in [0.3, 0.4) is 0 Å². The molecule has 0 spiro atoms. The molecule has 0 aliphatic rings. The minimum Gasteiger partial charge on any atom is -0.476 e. The van der Waals surface area contributed by atoms with Gasteiger partial charge in [-0.1, -0.05) is 0 Å². The summed E-state index contributed by atoms with van der Waals surface area (Å²) >= 11 is 1.36. The summed E-state index contributed by atoms with van der Waals surface area (Å²) in [5.74, 6) is -0.989. The van der Waals surface area contributed by atoms with Crippen LogP contribution >= 0.6 is 11.3 Å². The van der Waals surface area contributed by atoms with E-state index in [4.69, 9.17) is 5.11 Å². The second-order valence-electron chi connectivity index (χ2n) is 3.13. The Kier molecular flexibility index (Phi) is 2.82. The first-order valence-electron chi connectivity index (χ1n) is 4.54. The lowest BCUT2D eigenvalue weighted by Crippen LogP contribution is -1.98. The zero-order valence-corrected chi connectivity index (χ0v) is 9.28. The predicted octanol–water partition coefficient (Wildman–Crippen LogP) is 2.04. The summed E-state index contributed by atoms with van der Waals surface area (Å²) in [5.41, 5.74) is 1.04. The highest BCUT2D eigenvalue weighted by molar-refractivity contribution is 7.12. The van der Waals surface area contributed by atoms with Crippen LogP contribution in [0.2, 0.25) is 0 Å². The SMILES string of the molecule is Cc1sc(/C=C/c2cn[nH]c2)nc1C(=O)O. The van der Waals surface area contributed by atoms with Crippen LogP contribution < -0.4 is 0 Å². The number of nitrogens with zero attached hydrogens (tertiary/aromatic N) is 2. The maximum Gasteiger partial charge on any atom is 0.355 e. The molecule has 0 aliphatic heterocycles. The van der Waals surface area contributed by atoms with Crippen molar-refractivity contribution in [1.29, 1.82) is 0 Å². The Morgan fingerprint density at radius 3 is 2.94 bits per heavy atom. The van der Waals surface area contributed by atoms with Crippen molar-refractivity contribution in [2.75, 3.05) is 0 Å². The quantitative estimate of drug-likeness (QED) is 0.853. The van der Waals surface area contributed by atoms with E-state index in [2.05, 4.69) is 15.2 Å². The normalized spacial score (nSPS) is 11.1. The number of hydrogen-bond acceptors (Lipinski definition) is 4. The van der Waals surface area contributed by atoms with Crippen molar-refractivity contribution in [3.05, 3.63) is 33.5 Å². The third-order valence-electron chi connectivity index (χ3n) is 1.95. The van der Waals surface area contributed by atoms with Gasteiger partial charge in [0.2, 0.25) is 0 Å². The zero-order chi connectivity index (χ0) is 11.5. The Morgan fingerprint density at radius 1 is 1.56 bits per heavy atom. The molecule has 5 nitrogen and oxygen atoms in total. The zero-order valence-electron chi connectivity index (χ0n) is 8.47. The number of aromatic nitrogens is 3. The third kappa shape index (κ3) is 2.17. The van der Waals surface area contributed by atoms with Crippen molar-refractivity contribution in [1.82, 2.24) is 15.2 Å². The van der Waals surface area contributed by atoms with Crippen LogP contribution in [0, 0.1) is 6.92 Å². The number of aromatic amines is 1. The summed E-state index contributed by atoms with van der Waals surface area (Å²) in [7, 11) is 0. The van der Waals surface area contributed by atoms with Gasteiger partial charge < -0.3 is 5.11 Å². The molecular formula is C10H9N3O2S. The van der Waals surface area contributed by atoms with Gasteiger partial charge in [-0.25, -0.2) is 9.78 Å². The Labute approximate surface area is 95.5 Å². The Morgan fingerprint density at radius 2 is 2.38 bits per heavy atom. The van der Waals surface area contributed by atoms with E-state index in [1.54, 1.807) is 25.4 Å². The average molecular weight is 235 g/mol. The van der Waals surface area contributed by atoms with E-state index in [9.17, 15) is 4.79 Å². The van der Waals surface area contributed by atoms with Crippen LogP contribution in [0.15, 0.2) is 12.4 Å². The molecule has 0 bridgehead atoms. The summed E-state index contributed by atoms with van der Waals surface area (Å²) in [6, 6.07) is 0. The number of hydrogen-bond donors (Lipinski definition) is 2. The third-order valence-corrected chi connectivity index (χ3v) is 2.89. The van der Waals surface area contributed by atoms with E-state index in [0.717, 1.165) is 5.56 Å². The molecule has 0 saturated heterocycles. The Bertz CT molecular complexity index is 528. The van der Waals surface area contributed by atoms with Gasteiger partial charge in [-0.15, -0.1) is 11.3 Å². The number of carbonyl (C=O) groups is 1. The summed E-state index contributed by atoms with van der Waals surface area (Å²) in [6.45, 7) is 1.75. The second kappa shape index (κ2) is 4.28. The number of H-pyrrole nitrogens is 1. The number of rotatable bonds is 3. The molecule has 0 radical (unpaired) electrons. The van der Waals surface area contributed by atoms with Gasteiger partial charge in [0.1, 0.15) is 5.01 Å². The first-order chi connectivity index (χ1) is 7.66. The molecule has 2 N–H and O–H groups in total. The number of carboxylic acid groups (broad SMARTS) is 1. The lowest BCUT2D eigenvalue weighted by molar-refractivity contribution is 0.0690. The van der Waals surface area contributed by atoms with Crippen molar-refractivity contribution >= 4 is 29.5 Å². The summed E-state index contributed by atoms with van der Waals surface area (Å²) in [5, 5.41) is 16.0.